The number of carbonyl (C=O) groups is 2. The second kappa shape index (κ2) is 9.70. The number of aromatic nitrogens is 1. The molecule has 26 heavy (non-hydrogen) atoms. The maximum atomic E-state index is 12.1. The molecule has 0 radical (unpaired) electrons. The minimum absolute atomic E-state index is 0.0274. The van der Waals surface area contributed by atoms with Crippen molar-refractivity contribution < 1.29 is 9.59 Å². The largest absolute Gasteiger partial charge is 0.353 e. The molecular formula is C21H27N3O2. The lowest BCUT2D eigenvalue weighted by Crippen LogP contribution is -2.34. The van der Waals surface area contributed by atoms with Crippen molar-refractivity contribution in [2.45, 2.75) is 52.5 Å². The topological polar surface area (TPSA) is 71.1 Å². The van der Waals surface area contributed by atoms with Crippen molar-refractivity contribution in [3.05, 3.63) is 59.4 Å². The third-order valence-electron chi connectivity index (χ3n) is 4.22. The van der Waals surface area contributed by atoms with E-state index in [0.717, 1.165) is 23.4 Å². The molecule has 0 aliphatic heterocycles. The summed E-state index contributed by atoms with van der Waals surface area (Å²) in [6.07, 6.45) is 3.69. The van der Waals surface area contributed by atoms with Crippen molar-refractivity contribution >= 4 is 17.5 Å². The molecule has 1 heterocycles. The van der Waals surface area contributed by atoms with Crippen molar-refractivity contribution in [3.8, 4) is 0 Å². The number of aryl methyl sites for hydroxylation is 2. The zero-order chi connectivity index (χ0) is 18.9. The van der Waals surface area contributed by atoms with Gasteiger partial charge in [0.2, 0.25) is 11.8 Å². The van der Waals surface area contributed by atoms with Gasteiger partial charge in [-0.3, -0.25) is 14.6 Å². The van der Waals surface area contributed by atoms with Gasteiger partial charge < -0.3 is 10.6 Å². The number of anilines is 1. The highest BCUT2D eigenvalue weighted by Crippen LogP contribution is 2.12. The van der Waals surface area contributed by atoms with Crippen LogP contribution in [-0.4, -0.2) is 22.8 Å². The van der Waals surface area contributed by atoms with Crippen LogP contribution in [0.4, 0.5) is 5.69 Å². The van der Waals surface area contributed by atoms with E-state index < -0.39 is 0 Å². The van der Waals surface area contributed by atoms with E-state index in [0.29, 0.717) is 6.42 Å². The number of hydrogen-bond donors (Lipinski definition) is 2. The number of pyridine rings is 1. The zero-order valence-electron chi connectivity index (χ0n) is 15.7. The summed E-state index contributed by atoms with van der Waals surface area (Å²) >= 11 is 0. The molecule has 0 saturated carbocycles. The van der Waals surface area contributed by atoms with Crippen LogP contribution < -0.4 is 10.6 Å². The van der Waals surface area contributed by atoms with E-state index in [1.165, 1.54) is 5.56 Å². The van der Waals surface area contributed by atoms with Crippen LogP contribution in [0.25, 0.3) is 0 Å². The summed E-state index contributed by atoms with van der Waals surface area (Å²) in [5.74, 6) is -0.273. The Balaban J connectivity index is 1.75. The summed E-state index contributed by atoms with van der Waals surface area (Å²) in [4.78, 5) is 28.5. The minimum atomic E-state index is -0.151. The predicted molar refractivity (Wildman–Crippen MR) is 104 cm³/mol. The highest BCUT2D eigenvalue weighted by Gasteiger charge is 2.12. The fraction of sp³-hybridized carbons (Fsp3) is 0.381. The molecule has 2 N–H and O–H groups in total. The van der Waals surface area contributed by atoms with Crippen molar-refractivity contribution in [2.75, 3.05) is 5.32 Å². The van der Waals surface area contributed by atoms with Crippen LogP contribution in [-0.2, 0) is 22.4 Å². The number of nitrogens with zero attached hydrogens (tertiary/aromatic N) is 1. The van der Waals surface area contributed by atoms with Gasteiger partial charge in [0.1, 0.15) is 0 Å². The molecule has 0 spiro atoms. The van der Waals surface area contributed by atoms with Crippen LogP contribution in [0, 0.1) is 6.92 Å². The first-order chi connectivity index (χ1) is 12.5. The van der Waals surface area contributed by atoms with Crippen molar-refractivity contribution in [2.24, 2.45) is 0 Å². The molecule has 1 aromatic carbocycles. The van der Waals surface area contributed by atoms with E-state index in [2.05, 4.69) is 22.5 Å². The summed E-state index contributed by atoms with van der Waals surface area (Å²) in [7, 11) is 0. The standard InChI is InChI=1S/C21H27N3O2/c1-4-17-8-5-9-18(14-17)24-21(26)11-10-20(25)23-16(3)13-19-15(2)7-6-12-22-19/h5-9,12,14,16H,4,10-11,13H2,1-3H3,(H,23,25)(H,24,26)/t16-/m0/s1. The lowest BCUT2D eigenvalue weighted by molar-refractivity contribution is -0.124. The highest BCUT2D eigenvalue weighted by molar-refractivity contribution is 5.93. The Kier molecular flexibility index (Phi) is 7.33. The lowest BCUT2D eigenvalue weighted by atomic mass is 10.1. The molecule has 2 aromatic rings. The fourth-order valence-corrected chi connectivity index (χ4v) is 2.74. The molecule has 5 heteroatoms. The SMILES string of the molecule is CCc1cccc(NC(=O)CCC(=O)N[C@@H](C)Cc2ncccc2C)c1. The number of carbonyl (C=O) groups excluding carboxylic acids is 2. The summed E-state index contributed by atoms with van der Waals surface area (Å²) in [5, 5.41) is 5.78. The number of benzene rings is 1. The third-order valence-corrected chi connectivity index (χ3v) is 4.22. The van der Waals surface area contributed by atoms with Crippen LogP contribution >= 0.6 is 0 Å². The molecule has 0 saturated heterocycles. The molecule has 0 unspecified atom stereocenters. The number of nitrogens with one attached hydrogen (secondary N) is 2. The van der Waals surface area contributed by atoms with Gasteiger partial charge in [-0.15, -0.1) is 0 Å². The maximum absolute atomic E-state index is 12.1. The quantitative estimate of drug-likeness (QED) is 0.764. The van der Waals surface area contributed by atoms with Gasteiger partial charge in [0.25, 0.3) is 0 Å². The van der Waals surface area contributed by atoms with Crippen LogP contribution in [0.1, 0.15) is 43.5 Å². The minimum Gasteiger partial charge on any atom is -0.353 e. The van der Waals surface area contributed by atoms with Crippen molar-refractivity contribution in [1.82, 2.24) is 10.3 Å². The molecule has 5 nitrogen and oxygen atoms in total. The summed E-state index contributed by atoms with van der Waals surface area (Å²) in [5.41, 5.74) is 4.03. The van der Waals surface area contributed by atoms with Crippen molar-refractivity contribution in [3.63, 3.8) is 0 Å². The first-order valence-corrected chi connectivity index (χ1v) is 9.06. The summed E-state index contributed by atoms with van der Waals surface area (Å²) in [6, 6.07) is 11.6. The summed E-state index contributed by atoms with van der Waals surface area (Å²) < 4.78 is 0. The molecule has 0 fully saturated rings. The van der Waals surface area contributed by atoms with Crippen LogP contribution in [0.15, 0.2) is 42.6 Å². The Morgan fingerprint density at radius 3 is 2.62 bits per heavy atom. The zero-order valence-corrected chi connectivity index (χ0v) is 15.7. The van der Waals surface area contributed by atoms with Crippen molar-refractivity contribution in [1.29, 1.82) is 0 Å². The van der Waals surface area contributed by atoms with E-state index in [9.17, 15) is 9.59 Å². The molecule has 0 aliphatic carbocycles. The highest BCUT2D eigenvalue weighted by atomic mass is 16.2. The Morgan fingerprint density at radius 1 is 1.12 bits per heavy atom. The van der Waals surface area contributed by atoms with Crippen LogP contribution in [0.3, 0.4) is 0 Å². The first kappa shape index (κ1) is 19.6. The van der Waals surface area contributed by atoms with E-state index in [1.54, 1.807) is 6.20 Å². The van der Waals surface area contributed by atoms with Gasteiger partial charge in [-0.2, -0.15) is 0 Å². The predicted octanol–water partition coefficient (Wildman–Crippen LogP) is 3.42. The Labute approximate surface area is 155 Å². The normalized spacial score (nSPS) is 11.7. The van der Waals surface area contributed by atoms with Crippen LogP contribution in [0.5, 0.6) is 0 Å². The Bertz CT molecular complexity index is 758. The van der Waals surface area contributed by atoms with E-state index in [-0.39, 0.29) is 30.7 Å². The Morgan fingerprint density at radius 2 is 1.88 bits per heavy atom. The average molecular weight is 353 g/mol. The van der Waals surface area contributed by atoms with E-state index >= 15 is 0 Å². The summed E-state index contributed by atoms with van der Waals surface area (Å²) in [6.45, 7) is 6.02. The first-order valence-electron chi connectivity index (χ1n) is 9.06. The van der Waals surface area contributed by atoms with Gasteiger partial charge in [-0.05, 0) is 49.6 Å². The molecule has 138 valence electrons. The smallest absolute Gasteiger partial charge is 0.224 e. The number of hydrogen-bond acceptors (Lipinski definition) is 3. The molecular weight excluding hydrogens is 326 g/mol. The van der Waals surface area contributed by atoms with Gasteiger partial charge in [0.05, 0.1) is 0 Å². The molecule has 2 rings (SSSR count). The van der Waals surface area contributed by atoms with E-state index in [4.69, 9.17) is 0 Å². The third kappa shape index (κ3) is 6.31. The van der Waals surface area contributed by atoms with Crippen LogP contribution in [0.2, 0.25) is 0 Å². The molecule has 2 amide bonds. The van der Waals surface area contributed by atoms with Gasteiger partial charge >= 0.3 is 0 Å². The average Bonchev–Trinajstić information content (AvgIpc) is 2.62. The van der Waals surface area contributed by atoms with Gasteiger partial charge in [-0.1, -0.05) is 25.1 Å². The monoisotopic (exact) mass is 353 g/mol. The molecule has 1 atom stereocenters. The number of rotatable bonds is 8. The lowest BCUT2D eigenvalue weighted by Gasteiger charge is -2.14. The second-order valence-corrected chi connectivity index (χ2v) is 6.54. The second-order valence-electron chi connectivity index (χ2n) is 6.54. The maximum Gasteiger partial charge on any atom is 0.224 e. The Hall–Kier alpha value is -2.69. The van der Waals surface area contributed by atoms with E-state index in [1.807, 2.05) is 50.2 Å². The van der Waals surface area contributed by atoms with Gasteiger partial charge in [0.15, 0.2) is 0 Å². The molecule has 0 bridgehead atoms. The molecule has 0 aliphatic rings. The van der Waals surface area contributed by atoms with Gasteiger partial charge in [0, 0.05) is 42.9 Å². The molecule has 1 aromatic heterocycles. The number of amides is 2. The van der Waals surface area contributed by atoms with Gasteiger partial charge in [-0.25, -0.2) is 0 Å². The fourth-order valence-electron chi connectivity index (χ4n) is 2.74.